The van der Waals surface area contributed by atoms with E-state index in [4.69, 9.17) is 14.2 Å². The Hall–Kier alpha value is -2.64. The van der Waals surface area contributed by atoms with Crippen LogP contribution < -0.4 is 9.47 Å². The predicted molar refractivity (Wildman–Crippen MR) is 99.1 cm³/mol. The van der Waals surface area contributed by atoms with E-state index in [-0.39, 0.29) is 11.5 Å². The number of rotatable bonds is 5. The maximum Gasteiger partial charge on any atom is 0.415 e. The van der Waals surface area contributed by atoms with Gasteiger partial charge >= 0.3 is 6.09 Å². The van der Waals surface area contributed by atoms with Crippen LogP contribution in [-0.2, 0) is 4.74 Å². The summed E-state index contributed by atoms with van der Waals surface area (Å²) < 4.78 is 15.9. The fourth-order valence-electron chi connectivity index (χ4n) is 2.46. The molecule has 7 heteroatoms. The molecule has 2 heterocycles. The van der Waals surface area contributed by atoms with Gasteiger partial charge in [0.25, 0.3) is 0 Å². The fraction of sp³-hybridized carbons (Fsp3) is 0.263. The number of benzene rings is 1. The molecule has 1 aliphatic heterocycles. The molecule has 0 bridgehead atoms. The zero-order valence-corrected chi connectivity index (χ0v) is 15.2. The molecule has 0 N–H and O–H groups in total. The number of hydrogen-bond donors (Lipinski definition) is 0. The first-order valence-electron chi connectivity index (χ1n) is 8.16. The summed E-state index contributed by atoms with van der Waals surface area (Å²) in [6.07, 6.45) is 2.71. The quantitative estimate of drug-likeness (QED) is 0.593. The topological polar surface area (TPSA) is 65.1 Å². The maximum absolute atomic E-state index is 12.6. The summed E-state index contributed by atoms with van der Waals surface area (Å²) in [7, 11) is 1.51. The van der Waals surface area contributed by atoms with Crippen molar-refractivity contribution in [2.45, 2.75) is 0 Å². The minimum Gasteiger partial charge on any atom is -0.497 e. The average molecular weight is 373 g/mol. The maximum atomic E-state index is 12.6. The molecule has 1 aliphatic rings. The molecule has 26 heavy (non-hydrogen) atoms. The number of ether oxygens (including phenoxy) is 3. The van der Waals surface area contributed by atoms with E-state index in [0.717, 1.165) is 4.88 Å². The van der Waals surface area contributed by atoms with Crippen LogP contribution in [0, 0.1) is 0 Å². The van der Waals surface area contributed by atoms with Gasteiger partial charge in [0.15, 0.2) is 5.78 Å². The number of ketones is 1. The standard InChI is InChI=1S/C19H19NO5S/c1-23-14-4-6-16(17(21)7-5-15-3-2-12-26-15)18(13-14)25-19(22)20-8-10-24-11-9-20/h2-7,12-13H,8-11H2,1H3. The third-order valence-electron chi connectivity index (χ3n) is 3.86. The molecule has 1 fully saturated rings. The molecular formula is C19H19NO5S. The number of nitrogens with zero attached hydrogens (tertiary/aromatic N) is 1. The Morgan fingerprint density at radius 2 is 2.04 bits per heavy atom. The third-order valence-corrected chi connectivity index (χ3v) is 4.70. The molecule has 0 aliphatic carbocycles. The summed E-state index contributed by atoms with van der Waals surface area (Å²) in [6, 6.07) is 8.64. The number of carbonyl (C=O) groups excluding carboxylic acids is 2. The zero-order valence-electron chi connectivity index (χ0n) is 14.3. The summed E-state index contributed by atoms with van der Waals surface area (Å²) in [6.45, 7) is 1.87. The number of carbonyl (C=O) groups is 2. The first-order chi connectivity index (χ1) is 12.7. The Morgan fingerprint density at radius 3 is 2.73 bits per heavy atom. The monoisotopic (exact) mass is 373 g/mol. The van der Waals surface area contributed by atoms with Crippen molar-refractivity contribution in [3.63, 3.8) is 0 Å². The van der Waals surface area contributed by atoms with E-state index in [0.29, 0.717) is 37.6 Å². The number of amides is 1. The van der Waals surface area contributed by atoms with Gasteiger partial charge in [-0.2, -0.15) is 0 Å². The molecule has 136 valence electrons. The van der Waals surface area contributed by atoms with Crippen molar-refractivity contribution in [1.82, 2.24) is 4.90 Å². The van der Waals surface area contributed by atoms with Crippen LogP contribution in [0.3, 0.4) is 0 Å². The van der Waals surface area contributed by atoms with E-state index in [2.05, 4.69) is 0 Å². The van der Waals surface area contributed by atoms with E-state index in [1.165, 1.54) is 24.5 Å². The number of morpholine rings is 1. The largest absolute Gasteiger partial charge is 0.497 e. The molecule has 0 unspecified atom stereocenters. The van der Waals surface area contributed by atoms with E-state index < -0.39 is 6.09 Å². The lowest BCUT2D eigenvalue weighted by molar-refractivity contribution is 0.0415. The Balaban J connectivity index is 1.80. The van der Waals surface area contributed by atoms with E-state index in [9.17, 15) is 9.59 Å². The highest BCUT2D eigenvalue weighted by atomic mass is 32.1. The Kier molecular flexibility index (Phi) is 6.04. The van der Waals surface area contributed by atoms with Crippen LogP contribution in [0.1, 0.15) is 15.2 Å². The first-order valence-corrected chi connectivity index (χ1v) is 9.04. The van der Waals surface area contributed by atoms with Gasteiger partial charge < -0.3 is 19.1 Å². The van der Waals surface area contributed by atoms with Crippen LogP contribution in [0.15, 0.2) is 41.8 Å². The Labute approximate surface area is 155 Å². The molecule has 6 nitrogen and oxygen atoms in total. The number of allylic oxidation sites excluding steroid dienone is 1. The molecule has 0 spiro atoms. The van der Waals surface area contributed by atoms with Gasteiger partial charge in [-0.05, 0) is 35.7 Å². The van der Waals surface area contributed by atoms with Gasteiger partial charge in [0, 0.05) is 24.0 Å². The molecule has 0 saturated carbocycles. The highest BCUT2D eigenvalue weighted by molar-refractivity contribution is 7.10. The average Bonchev–Trinajstić information content (AvgIpc) is 3.20. The van der Waals surface area contributed by atoms with Crippen molar-refractivity contribution in [3.8, 4) is 11.5 Å². The molecule has 1 saturated heterocycles. The molecule has 1 aromatic heterocycles. The predicted octanol–water partition coefficient (Wildman–Crippen LogP) is 3.48. The normalized spacial score (nSPS) is 14.4. The second-order valence-electron chi connectivity index (χ2n) is 5.54. The highest BCUT2D eigenvalue weighted by Crippen LogP contribution is 2.27. The molecular weight excluding hydrogens is 354 g/mol. The van der Waals surface area contributed by atoms with Gasteiger partial charge in [-0.3, -0.25) is 4.79 Å². The Bertz CT molecular complexity index is 794. The van der Waals surface area contributed by atoms with Crippen molar-refractivity contribution in [2.24, 2.45) is 0 Å². The van der Waals surface area contributed by atoms with Gasteiger partial charge in [0.05, 0.1) is 25.9 Å². The molecule has 1 aromatic carbocycles. The molecule has 0 radical (unpaired) electrons. The van der Waals surface area contributed by atoms with Crippen LogP contribution in [0.2, 0.25) is 0 Å². The van der Waals surface area contributed by atoms with Gasteiger partial charge in [0.2, 0.25) is 0 Å². The van der Waals surface area contributed by atoms with Crippen LogP contribution in [0.5, 0.6) is 11.5 Å². The summed E-state index contributed by atoms with van der Waals surface area (Å²) in [5.41, 5.74) is 0.306. The summed E-state index contributed by atoms with van der Waals surface area (Å²) in [4.78, 5) is 27.5. The lowest BCUT2D eigenvalue weighted by Gasteiger charge is -2.26. The Morgan fingerprint density at radius 1 is 1.23 bits per heavy atom. The second kappa shape index (κ2) is 8.64. The zero-order chi connectivity index (χ0) is 18.4. The van der Waals surface area contributed by atoms with Crippen molar-refractivity contribution >= 4 is 29.3 Å². The minimum atomic E-state index is -0.502. The van der Waals surface area contributed by atoms with Crippen LogP contribution >= 0.6 is 11.3 Å². The van der Waals surface area contributed by atoms with Gasteiger partial charge in [-0.1, -0.05) is 6.07 Å². The highest BCUT2D eigenvalue weighted by Gasteiger charge is 2.21. The van der Waals surface area contributed by atoms with E-state index in [1.807, 2.05) is 17.5 Å². The first kappa shape index (κ1) is 18.2. The van der Waals surface area contributed by atoms with Gasteiger partial charge in [0.1, 0.15) is 11.5 Å². The molecule has 0 atom stereocenters. The summed E-state index contributed by atoms with van der Waals surface area (Å²) in [5, 5.41) is 1.94. The van der Waals surface area contributed by atoms with Crippen molar-refractivity contribution in [3.05, 3.63) is 52.2 Å². The summed E-state index contributed by atoms with van der Waals surface area (Å²) in [5.74, 6) is 0.445. The van der Waals surface area contributed by atoms with Crippen molar-refractivity contribution < 1.29 is 23.8 Å². The van der Waals surface area contributed by atoms with Crippen molar-refractivity contribution in [1.29, 1.82) is 0 Å². The van der Waals surface area contributed by atoms with Crippen LogP contribution in [-0.4, -0.2) is 50.2 Å². The second-order valence-corrected chi connectivity index (χ2v) is 6.52. The molecule has 1 amide bonds. The summed E-state index contributed by atoms with van der Waals surface area (Å²) >= 11 is 1.54. The fourth-order valence-corrected chi connectivity index (χ4v) is 3.07. The lowest BCUT2D eigenvalue weighted by atomic mass is 10.1. The smallest absolute Gasteiger partial charge is 0.415 e. The van der Waals surface area contributed by atoms with E-state index in [1.54, 1.807) is 29.2 Å². The SMILES string of the molecule is COc1ccc(C(=O)C=Cc2cccs2)c(OC(=O)N2CCOCC2)c1. The molecule has 3 rings (SSSR count). The van der Waals surface area contributed by atoms with Gasteiger partial charge in [-0.25, -0.2) is 4.79 Å². The van der Waals surface area contributed by atoms with Crippen LogP contribution in [0.4, 0.5) is 4.79 Å². The minimum absolute atomic E-state index is 0.182. The third kappa shape index (κ3) is 4.50. The van der Waals surface area contributed by atoms with E-state index >= 15 is 0 Å². The molecule has 2 aromatic rings. The van der Waals surface area contributed by atoms with Gasteiger partial charge in [-0.15, -0.1) is 11.3 Å². The number of thiophene rings is 1. The van der Waals surface area contributed by atoms with Crippen LogP contribution in [0.25, 0.3) is 6.08 Å². The number of methoxy groups -OCH3 is 1. The lowest BCUT2D eigenvalue weighted by Crippen LogP contribution is -2.42. The van der Waals surface area contributed by atoms with Crippen molar-refractivity contribution in [2.75, 3.05) is 33.4 Å². The number of hydrogen-bond acceptors (Lipinski definition) is 6.